The van der Waals surface area contributed by atoms with Crippen LogP contribution >= 0.6 is 11.8 Å². The van der Waals surface area contributed by atoms with Crippen molar-refractivity contribution in [3.05, 3.63) is 65.2 Å². The fourth-order valence-electron chi connectivity index (χ4n) is 3.65. The van der Waals surface area contributed by atoms with Crippen molar-refractivity contribution in [1.29, 1.82) is 0 Å². The zero-order valence-corrected chi connectivity index (χ0v) is 19.7. The highest BCUT2D eigenvalue weighted by Gasteiger charge is 2.32. The number of aliphatic carboxylic acids is 1. The van der Waals surface area contributed by atoms with Gasteiger partial charge in [0.05, 0.1) is 25.4 Å². The van der Waals surface area contributed by atoms with Crippen LogP contribution in [-0.2, 0) is 25.7 Å². The zero-order chi connectivity index (χ0) is 24.3. The van der Waals surface area contributed by atoms with Gasteiger partial charge in [0.25, 0.3) is 0 Å². The lowest BCUT2D eigenvalue weighted by atomic mass is 10.0. The molecular formula is C25H31NO7S. The van der Waals surface area contributed by atoms with Crippen molar-refractivity contribution >= 4 is 29.3 Å². The van der Waals surface area contributed by atoms with Crippen molar-refractivity contribution in [1.82, 2.24) is 0 Å². The average molecular weight is 490 g/mol. The van der Waals surface area contributed by atoms with E-state index >= 15 is 0 Å². The molecule has 4 N–H and O–H groups in total. The summed E-state index contributed by atoms with van der Waals surface area (Å²) >= 11 is 1.63. The number of anilines is 1. The Morgan fingerprint density at radius 3 is 2.32 bits per heavy atom. The van der Waals surface area contributed by atoms with E-state index in [1.807, 2.05) is 36.4 Å². The Labute approximate surface area is 203 Å². The number of hydrogen-bond donors (Lipinski definition) is 4. The molecule has 1 aliphatic heterocycles. The summed E-state index contributed by atoms with van der Waals surface area (Å²) < 4.78 is 12.5. The van der Waals surface area contributed by atoms with E-state index in [0.717, 1.165) is 22.4 Å². The van der Waals surface area contributed by atoms with Crippen LogP contribution in [0, 0.1) is 0 Å². The van der Waals surface area contributed by atoms with Gasteiger partial charge >= 0.3 is 5.97 Å². The fourth-order valence-corrected chi connectivity index (χ4v) is 4.42. The Morgan fingerprint density at radius 1 is 0.971 bits per heavy atom. The van der Waals surface area contributed by atoms with E-state index in [4.69, 9.17) is 19.7 Å². The molecule has 0 aromatic heterocycles. The summed E-state index contributed by atoms with van der Waals surface area (Å²) in [4.78, 5) is 22.6. The minimum Gasteiger partial charge on any atom is -0.481 e. The summed E-state index contributed by atoms with van der Waals surface area (Å²) in [6, 6.07) is 14.9. The molecule has 2 aromatic carbocycles. The normalized spacial score (nSPS) is 20.1. The fraction of sp³-hybridized carbons (Fsp3) is 0.440. The molecule has 1 aliphatic rings. The molecule has 9 heteroatoms. The first-order valence-corrected chi connectivity index (χ1v) is 12.4. The maximum absolute atomic E-state index is 12.0. The van der Waals surface area contributed by atoms with E-state index in [-0.39, 0.29) is 44.2 Å². The molecule has 0 spiro atoms. The summed E-state index contributed by atoms with van der Waals surface area (Å²) in [6.07, 6.45) is 0.247. The molecule has 0 bridgehead atoms. The van der Waals surface area contributed by atoms with Gasteiger partial charge in [0.1, 0.15) is 0 Å². The maximum Gasteiger partial charge on any atom is 0.303 e. The van der Waals surface area contributed by atoms with E-state index in [1.165, 1.54) is 0 Å². The third kappa shape index (κ3) is 8.11. The van der Waals surface area contributed by atoms with E-state index in [2.05, 4.69) is 5.32 Å². The second-order valence-electron chi connectivity index (χ2n) is 8.07. The van der Waals surface area contributed by atoms with Crippen LogP contribution in [0.15, 0.2) is 48.5 Å². The lowest BCUT2D eigenvalue weighted by Gasteiger charge is -2.36. The molecule has 1 saturated heterocycles. The number of hydrogen-bond acceptors (Lipinski definition) is 7. The molecule has 1 heterocycles. The first-order chi connectivity index (χ1) is 16.5. The monoisotopic (exact) mass is 489 g/mol. The second kappa shape index (κ2) is 13.5. The van der Waals surface area contributed by atoms with Crippen LogP contribution in [0.1, 0.15) is 54.8 Å². The van der Waals surface area contributed by atoms with E-state index in [9.17, 15) is 14.7 Å². The standard InChI is InChI=1S/C25H31NO7S/c27-12-13-34-16-21-14-22(18-6-4-17(15-28)5-7-18)33-25(32-21)19-8-10-20(11-9-19)26-23(29)2-1-3-24(30)31/h4-11,21-22,25,27-28H,1-3,12-16H2,(H,26,29)(H,30,31)/t21-,22+,25+/m0/s1. The van der Waals surface area contributed by atoms with Gasteiger partial charge in [0.15, 0.2) is 6.29 Å². The minimum atomic E-state index is -0.916. The molecule has 1 amide bonds. The number of carboxylic acids is 1. The summed E-state index contributed by atoms with van der Waals surface area (Å²) in [5.74, 6) is 0.227. The van der Waals surface area contributed by atoms with Crippen LogP contribution in [0.5, 0.6) is 0 Å². The van der Waals surface area contributed by atoms with Crippen LogP contribution < -0.4 is 5.32 Å². The molecule has 0 aliphatic carbocycles. The number of carboxylic acid groups (broad SMARTS) is 1. The first-order valence-electron chi connectivity index (χ1n) is 11.3. The maximum atomic E-state index is 12.0. The topological polar surface area (TPSA) is 125 Å². The Balaban J connectivity index is 1.66. The van der Waals surface area contributed by atoms with Crippen molar-refractivity contribution in [2.75, 3.05) is 23.4 Å². The van der Waals surface area contributed by atoms with Crippen LogP contribution in [0.25, 0.3) is 0 Å². The second-order valence-corrected chi connectivity index (χ2v) is 9.22. The molecule has 3 rings (SSSR count). The van der Waals surface area contributed by atoms with Crippen molar-refractivity contribution in [3.8, 4) is 0 Å². The highest BCUT2D eigenvalue weighted by Crippen LogP contribution is 2.39. The number of carbonyl (C=O) groups excluding carboxylic acids is 1. The number of ether oxygens (including phenoxy) is 2. The number of aliphatic hydroxyl groups is 2. The third-order valence-electron chi connectivity index (χ3n) is 5.42. The van der Waals surface area contributed by atoms with Gasteiger partial charge in [-0.1, -0.05) is 36.4 Å². The van der Waals surface area contributed by atoms with Crippen molar-refractivity contribution < 1.29 is 34.4 Å². The van der Waals surface area contributed by atoms with Crippen LogP contribution in [-0.4, -0.2) is 51.4 Å². The number of benzene rings is 2. The van der Waals surface area contributed by atoms with Gasteiger partial charge in [-0.2, -0.15) is 11.8 Å². The smallest absolute Gasteiger partial charge is 0.303 e. The molecule has 0 unspecified atom stereocenters. The molecule has 34 heavy (non-hydrogen) atoms. The van der Waals surface area contributed by atoms with E-state index in [1.54, 1.807) is 23.9 Å². The number of amides is 1. The molecule has 2 aromatic rings. The van der Waals surface area contributed by atoms with E-state index < -0.39 is 12.3 Å². The largest absolute Gasteiger partial charge is 0.481 e. The van der Waals surface area contributed by atoms with Crippen molar-refractivity contribution in [2.24, 2.45) is 0 Å². The van der Waals surface area contributed by atoms with Gasteiger partial charge in [-0.15, -0.1) is 0 Å². The lowest BCUT2D eigenvalue weighted by molar-refractivity contribution is -0.245. The molecule has 184 valence electrons. The van der Waals surface area contributed by atoms with Gasteiger partial charge in [0.2, 0.25) is 5.91 Å². The molecule has 0 radical (unpaired) electrons. The lowest BCUT2D eigenvalue weighted by Crippen LogP contribution is -2.31. The average Bonchev–Trinajstić information content (AvgIpc) is 2.84. The SMILES string of the molecule is O=C(O)CCCC(=O)Nc1ccc([C@@H]2O[C@H](CSCCO)C[C@H](c3ccc(CO)cc3)O2)cc1. The van der Waals surface area contributed by atoms with Gasteiger partial charge in [-0.3, -0.25) is 9.59 Å². The van der Waals surface area contributed by atoms with Gasteiger partial charge in [0, 0.05) is 42.0 Å². The Hall–Kier alpha value is -2.43. The summed E-state index contributed by atoms with van der Waals surface area (Å²) in [5, 5.41) is 29.9. The minimum absolute atomic E-state index is 0.0135. The molecule has 8 nitrogen and oxygen atoms in total. The van der Waals surface area contributed by atoms with E-state index in [0.29, 0.717) is 24.3 Å². The van der Waals surface area contributed by atoms with Crippen LogP contribution in [0.2, 0.25) is 0 Å². The molecule has 1 fully saturated rings. The number of carbonyl (C=O) groups is 2. The molecule has 0 saturated carbocycles. The van der Waals surface area contributed by atoms with Crippen LogP contribution in [0.4, 0.5) is 5.69 Å². The first kappa shape index (κ1) is 26.2. The van der Waals surface area contributed by atoms with Gasteiger partial charge in [-0.05, 0) is 29.7 Å². The number of aliphatic hydroxyl groups excluding tert-OH is 2. The highest BCUT2D eigenvalue weighted by molar-refractivity contribution is 7.99. The summed E-state index contributed by atoms with van der Waals surface area (Å²) in [7, 11) is 0. The number of thioether (sulfide) groups is 1. The Bertz CT molecular complexity index is 920. The predicted molar refractivity (Wildman–Crippen MR) is 129 cm³/mol. The third-order valence-corrected chi connectivity index (χ3v) is 6.49. The van der Waals surface area contributed by atoms with Crippen LogP contribution in [0.3, 0.4) is 0 Å². The molecule has 3 atom stereocenters. The number of rotatable bonds is 12. The van der Waals surface area contributed by atoms with Crippen molar-refractivity contribution in [3.63, 3.8) is 0 Å². The predicted octanol–water partition coefficient (Wildman–Crippen LogP) is 3.64. The summed E-state index contributed by atoms with van der Waals surface area (Å²) in [6.45, 7) is 0.104. The van der Waals surface area contributed by atoms with Crippen molar-refractivity contribution in [2.45, 2.75) is 50.8 Å². The quantitative estimate of drug-likeness (QED) is 0.333. The Kier molecular flexibility index (Phi) is 10.4. The highest BCUT2D eigenvalue weighted by atomic mass is 32.2. The van der Waals surface area contributed by atoms with Gasteiger partial charge < -0.3 is 30.1 Å². The zero-order valence-electron chi connectivity index (χ0n) is 18.9. The van der Waals surface area contributed by atoms with Gasteiger partial charge in [-0.25, -0.2) is 0 Å². The Morgan fingerprint density at radius 2 is 1.68 bits per heavy atom. The molecular weight excluding hydrogens is 458 g/mol. The number of nitrogens with one attached hydrogen (secondary N) is 1. The summed E-state index contributed by atoms with van der Waals surface area (Å²) in [5.41, 5.74) is 3.28.